The first-order chi connectivity index (χ1) is 47.9. The normalized spacial score (nSPS) is 14.5. The summed E-state index contributed by atoms with van der Waals surface area (Å²) < 4.78 is 68.7. The molecule has 7 atom stereocenters. The summed E-state index contributed by atoms with van der Waals surface area (Å²) in [5.74, 6) is -0.469. The van der Waals surface area contributed by atoms with Crippen molar-refractivity contribution >= 4 is 39.5 Å². The zero-order chi connectivity index (χ0) is 72.8. The highest BCUT2D eigenvalue weighted by atomic mass is 31.2. The van der Waals surface area contributed by atoms with Crippen molar-refractivity contribution in [3.63, 3.8) is 0 Å². The van der Waals surface area contributed by atoms with E-state index >= 15 is 0 Å². The number of esters is 4. The van der Waals surface area contributed by atoms with Gasteiger partial charge >= 0.3 is 39.5 Å². The van der Waals surface area contributed by atoms with Crippen LogP contribution in [0, 0.1) is 11.8 Å². The van der Waals surface area contributed by atoms with Gasteiger partial charge in [-0.05, 0) is 37.5 Å². The molecule has 0 fully saturated rings. The van der Waals surface area contributed by atoms with Crippen molar-refractivity contribution < 1.29 is 80.2 Å². The van der Waals surface area contributed by atoms with Gasteiger partial charge in [0.1, 0.15) is 19.3 Å². The van der Waals surface area contributed by atoms with Crippen LogP contribution in [0.4, 0.5) is 0 Å². The Morgan fingerprint density at radius 2 is 0.485 bits per heavy atom. The van der Waals surface area contributed by atoms with Gasteiger partial charge in [-0.2, -0.15) is 0 Å². The van der Waals surface area contributed by atoms with Crippen LogP contribution in [0.3, 0.4) is 0 Å². The van der Waals surface area contributed by atoms with Gasteiger partial charge < -0.3 is 33.8 Å². The fourth-order valence-corrected chi connectivity index (χ4v) is 13.9. The lowest BCUT2D eigenvalue weighted by Gasteiger charge is -2.21. The van der Waals surface area contributed by atoms with E-state index in [-0.39, 0.29) is 25.7 Å². The van der Waals surface area contributed by atoms with Gasteiger partial charge in [0.05, 0.1) is 26.4 Å². The van der Waals surface area contributed by atoms with Gasteiger partial charge in [0, 0.05) is 25.7 Å². The van der Waals surface area contributed by atoms with Gasteiger partial charge in [0.2, 0.25) is 0 Å². The molecular weight excluding hydrogens is 1290 g/mol. The van der Waals surface area contributed by atoms with E-state index in [0.717, 1.165) is 102 Å². The number of phosphoric acid groups is 2. The SMILES string of the molecule is CCCCCCCCCCCCCCCC(=O)OC[C@H](COP(=O)(O)OC[C@@H](O)COP(=O)(O)OC[C@@H](COC(=O)CCCCCCCCCCCCCC)OC(=O)CCCCCCCCCCC(C)CC)OC(=O)CCCCCCCCCCCCCCCCCCCCC(C)CC. The van der Waals surface area contributed by atoms with Gasteiger partial charge in [0.25, 0.3) is 0 Å². The molecule has 0 amide bonds. The van der Waals surface area contributed by atoms with Crippen LogP contribution in [0.1, 0.15) is 420 Å². The minimum absolute atomic E-state index is 0.106. The molecular formula is C80H156O17P2. The first-order valence-corrected chi connectivity index (χ1v) is 44.6. The van der Waals surface area contributed by atoms with Crippen LogP contribution in [0.2, 0.25) is 0 Å². The molecule has 0 rings (SSSR count). The summed E-state index contributed by atoms with van der Waals surface area (Å²) in [7, 11) is -9.92. The highest BCUT2D eigenvalue weighted by molar-refractivity contribution is 7.47. The van der Waals surface area contributed by atoms with Crippen molar-refractivity contribution in [2.45, 2.75) is 439 Å². The van der Waals surface area contributed by atoms with Crippen molar-refractivity contribution in [2.75, 3.05) is 39.6 Å². The minimum Gasteiger partial charge on any atom is -0.462 e. The maximum absolute atomic E-state index is 13.1. The third-order valence-corrected chi connectivity index (χ3v) is 21.3. The third-order valence-electron chi connectivity index (χ3n) is 19.4. The van der Waals surface area contributed by atoms with E-state index in [0.29, 0.717) is 25.7 Å². The smallest absolute Gasteiger partial charge is 0.462 e. The van der Waals surface area contributed by atoms with Crippen molar-refractivity contribution in [3.05, 3.63) is 0 Å². The molecule has 0 spiro atoms. The summed E-state index contributed by atoms with van der Waals surface area (Å²) in [5, 5.41) is 10.6. The molecule has 588 valence electrons. The topological polar surface area (TPSA) is 237 Å². The molecule has 0 aliphatic carbocycles. The third kappa shape index (κ3) is 71.5. The van der Waals surface area contributed by atoms with E-state index in [1.54, 1.807) is 0 Å². The largest absolute Gasteiger partial charge is 0.472 e. The Bertz CT molecular complexity index is 1910. The summed E-state index contributed by atoms with van der Waals surface area (Å²) in [6, 6.07) is 0. The Kier molecular flexibility index (Phi) is 70.3. The Balaban J connectivity index is 5.21. The molecule has 99 heavy (non-hydrogen) atoms. The van der Waals surface area contributed by atoms with Crippen molar-refractivity contribution in [2.24, 2.45) is 11.8 Å². The van der Waals surface area contributed by atoms with Crippen LogP contribution < -0.4 is 0 Å². The molecule has 0 aromatic heterocycles. The molecule has 3 N–H and O–H groups in total. The Labute approximate surface area is 607 Å². The molecule has 0 aliphatic heterocycles. The van der Waals surface area contributed by atoms with Crippen LogP contribution in [0.25, 0.3) is 0 Å². The summed E-state index contributed by atoms with van der Waals surface area (Å²) in [6.07, 6.45) is 60.9. The summed E-state index contributed by atoms with van der Waals surface area (Å²) in [4.78, 5) is 73.0. The van der Waals surface area contributed by atoms with Crippen LogP contribution in [-0.4, -0.2) is 96.7 Å². The van der Waals surface area contributed by atoms with Crippen LogP contribution in [0.5, 0.6) is 0 Å². The molecule has 0 aromatic rings. The average Bonchev–Trinajstić information content (AvgIpc) is 1.30. The predicted octanol–water partition coefficient (Wildman–Crippen LogP) is 23.9. The average molecular weight is 1450 g/mol. The van der Waals surface area contributed by atoms with Gasteiger partial charge in [-0.3, -0.25) is 37.3 Å². The highest BCUT2D eigenvalue weighted by Crippen LogP contribution is 2.45. The fraction of sp³-hybridized carbons (Fsp3) is 0.950. The second-order valence-electron chi connectivity index (χ2n) is 29.3. The molecule has 0 saturated heterocycles. The fourth-order valence-electron chi connectivity index (χ4n) is 12.3. The molecule has 0 aromatic carbocycles. The monoisotopic (exact) mass is 1450 g/mol. The van der Waals surface area contributed by atoms with E-state index in [2.05, 4.69) is 41.5 Å². The van der Waals surface area contributed by atoms with Gasteiger partial charge in [-0.1, -0.05) is 369 Å². The minimum atomic E-state index is -4.96. The number of aliphatic hydroxyl groups excluding tert-OH is 1. The number of carbonyl (C=O) groups excluding carboxylic acids is 4. The quantitative estimate of drug-likeness (QED) is 0.0222. The predicted molar refractivity (Wildman–Crippen MR) is 405 cm³/mol. The molecule has 0 saturated carbocycles. The molecule has 19 heteroatoms. The second-order valence-corrected chi connectivity index (χ2v) is 32.2. The number of hydrogen-bond donors (Lipinski definition) is 3. The number of aliphatic hydroxyl groups is 1. The van der Waals surface area contributed by atoms with Crippen LogP contribution in [-0.2, 0) is 65.4 Å². The number of rotatable bonds is 79. The van der Waals surface area contributed by atoms with Crippen LogP contribution >= 0.6 is 15.6 Å². The Morgan fingerprint density at radius 3 is 0.717 bits per heavy atom. The molecule has 0 radical (unpaired) electrons. The van der Waals surface area contributed by atoms with E-state index in [9.17, 15) is 43.2 Å². The lowest BCUT2D eigenvalue weighted by atomic mass is 9.99. The summed E-state index contributed by atoms with van der Waals surface area (Å²) >= 11 is 0. The van der Waals surface area contributed by atoms with E-state index in [1.807, 2.05) is 0 Å². The summed E-state index contributed by atoms with van der Waals surface area (Å²) in [5.41, 5.74) is 0. The second kappa shape index (κ2) is 71.7. The van der Waals surface area contributed by atoms with Crippen molar-refractivity contribution in [3.8, 4) is 0 Å². The number of phosphoric ester groups is 2. The number of hydrogen-bond acceptors (Lipinski definition) is 15. The van der Waals surface area contributed by atoms with Gasteiger partial charge in [-0.15, -0.1) is 0 Å². The number of ether oxygens (including phenoxy) is 4. The zero-order valence-electron chi connectivity index (χ0n) is 64.8. The Morgan fingerprint density at radius 1 is 0.283 bits per heavy atom. The lowest BCUT2D eigenvalue weighted by Crippen LogP contribution is -2.30. The number of unbranched alkanes of at least 4 members (excludes halogenated alkanes) is 47. The standard InChI is InChI=1S/C80H156O17P2/c1-7-11-13-15-17-19-21-29-34-38-45-51-57-63-78(83)90-68-75(96-79(84)64-58-52-46-39-35-31-28-26-24-23-25-27-30-32-36-42-48-54-60-72(5)9-3)70-94-98(86,87)92-66-74(81)67-93-99(88,89)95-71-76(97-80(85)65-59-53-47-41-40-43-49-55-61-73(6)10-4)69-91-77(82)62-56-50-44-37-33-22-20-18-16-14-12-8-2/h72-76,81H,7-71H2,1-6H3,(H,86,87)(H,88,89)/t72?,73?,74-,75-,76-/m1/s1. The van der Waals surface area contributed by atoms with Crippen molar-refractivity contribution in [1.82, 2.24) is 0 Å². The molecule has 17 nitrogen and oxygen atoms in total. The first kappa shape index (κ1) is 97.1. The van der Waals surface area contributed by atoms with Crippen molar-refractivity contribution in [1.29, 1.82) is 0 Å². The Hall–Kier alpha value is -1.94. The summed E-state index contributed by atoms with van der Waals surface area (Å²) in [6.45, 7) is 9.69. The van der Waals surface area contributed by atoms with E-state index in [4.69, 9.17) is 37.0 Å². The zero-order valence-corrected chi connectivity index (χ0v) is 66.6. The molecule has 4 unspecified atom stereocenters. The first-order valence-electron chi connectivity index (χ1n) is 41.6. The van der Waals surface area contributed by atoms with E-state index < -0.39 is 97.5 Å². The van der Waals surface area contributed by atoms with Gasteiger partial charge in [0.15, 0.2) is 12.2 Å². The molecule has 0 heterocycles. The van der Waals surface area contributed by atoms with Gasteiger partial charge in [-0.25, -0.2) is 9.13 Å². The molecule has 0 bridgehead atoms. The number of carbonyl (C=O) groups is 4. The molecule has 0 aliphatic rings. The highest BCUT2D eigenvalue weighted by Gasteiger charge is 2.30. The lowest BCUT2D eigenvalue weighted by molar-refractivity contribution is -0.161. The maximum atomic E-state index is 13.1. The van der Waals surface area contributed by atoms with Crippen LogP contribution in [0.15, 0.2) is 0 Å². The maximum Gasteiger partial charge on any atom is 0.472 e. The van der Waals surface area contributed by atoms with E-state index in [1.165, 1.54) is 238 Å².